The molecule has 2 aromatic carbocycles. The van der Waals surface area contributed by atoms with Crippen LogP contribution in [0.3, 0.4) is 0 Å². The van der Waals surface area contributed by atoms with Crippen LogP contribution < -0.4 is 5.32 Å². The first-order chi connectivity index (χ1) is 11.6. The molecular formula is C18H12FN3OS. The van der Waals surface area contributed by atoms with Crippen LogP contribution in [-0.2, 0) is 0 Å². The van der Waals surface area contributed by atoms with Gasteiger partial charge in [0.25, 0.3) is 5.91 Å². The molecule has 1 N–H and O–H groups in total. The summed E-state index contributed by atoms with van der Waals surface area (Å²) < 4.78 is 13.0. The third-order valence-electron chi connectivity index (χ3n) is 3.39. The number of carbonyl (C=O) groups excluding carboxylic acids is 1. The third kappa shape index (κ3) is 3.31. The van der Waals surface area contributed by atoms with Gasteiger partial charge in [0.1, 0.15) is 5.82 Å². The second-order valence-electron chi connectivity index (χ2n) is 5.08. The summed E-state index contributed by atoms with van der Waals surface area (Å²) in [7, 11) is 0. The predicted octanol–water partition coefficient (Wildman–Crippen LogP) is 4.38. The predicted molar refractivity (Wildman–Crippen MR) is 91.4 cm³/mol. The van der Waals surface area contributed by atoms with Crippen LogP contribution >= 0.6 is 11.3 Å². The molecular weight excluding hydrogens is 325 g/mol. The lowest BCUT2D eigenvalue weighted by atomic mass is 10.1. The number of amides is 1. The molecule has 0 aliphatic rings. The normalized spacial score (nSPS) is 10.2. The quantitative estimate of drug-likeness (QED) is 0.771. The Labute approximate surface area is 142 Å². The van der Waals surface area contributed by atoms with Gasteiger partial charge in [-0.15, -0.1) is 11.3 Å². The van der Waals surface area contributed by atoms with E-state index in [0.717, 1.165) is 10.4 Å². The molecule has 0 fully saturated rings. The summed E-state index contributed by atoms with van der Waals surface area (Å²) in [6.45, 7) is 1.89. The number of rotatable bonds is 3. The van der Waals surface area contributed by atoms with Crippen molar-refractivity contribution in [3.8, 4) is 17.3 Å². The van der Waals surface area contributed by atoms with Gasteiger partial charge in [0, 0.05) is 16.0 Å². The molecule has 1 heterocycles. The van der Waals surface area contributed by atoms with Crippen molar-refractivity contribution in [3.05, 3.63) is 70.4 Å². The highest BCUT2D eigenvalue weighted by atomic mass is 32.1. The highest BCUT2D eigenvalue weighted by Crippen LogP contribution is 2.30. The van der Waals surface area contributed by atoms with E-state index in [4.69, 9.17) is 5.26 Å². The summed E-state index contributed by atoms with van der Waals surface area (Å²) in [6.07, 6.45) is 0. The largest absolute Gasteiger partial charge is 0.298 e. The third-order valence-corrected chi connectivity index (χ3v) is 4.27. The molecule has 3 aromatic rings. The molecule has 24 heavy (non-hydrogen) atoms. The molecule has 0 spiro atoms. The van der Waals surface area contributed by atoms with E-state index in [2.05, 4.69) is 10.3 Å². The Morgan fingerprint density at radius 2 is 2.00 bits per heavy atom. The molecule has 1 amide bonds. The molecule has 0 atom stereocenters. The molecule has 1 aromatic heterocycles. The number of nitrogens with one attached hydrogen (secondary N) is 1. The molecule has 0 aliphatic carbocycles. The van der Waals surface area contributed by atoms with Crippen LogP contribution in [0.2, 0.25) is 0 Å². The fourth-order valence-corrected chi connectivity index (χ4v) is 3.06. The van der Waals surface area contributed by atoms with Crippen molar-refractivity contribution in [2.45, 2.75) is 6.92 Å². The van der Waals surface area contributed by atoms with Gasteiger partial charge < -0.3 is 0 Å². The van der Waals surface area contributed by atoms with Crippen LogP contribution in [0.1, 0.15) is 20.8 Å². The van der Waals surface area contributed by atoms with Crippen molar-refractivity contribution in [2.24, 2.45) is 0 Å². The first kappa shape index (κ1) is 15.8. The Balaban J connectivity index is 1.83. The van der Waals surface area contributed by atoms with Crippen molar-refractivity contribution < 1.29 is 9.18 Å². The minimum atomic E-state index is -0.327. The lowest BCUT2D eigenvalue weighted by Gasteiger charge is -2.02. The summed E-state index contributed by atoms with van der Waals surface area (Å²) in [6, 6.07) is 14.5. The molecule has 0 bridgehead atoms. The van der Waals surface area contributed by atoms with Crippen LogP contribution in [0.15, 0.2) is 48.5 Å². The zero-order valence-corrected chi connectivity index (χ0v) is 13.5. The maximum Gasteiger partial charge on any atom is 0.257 e. The summed E-state index contributed by atoms with van der Waals surface area (Å²) in [4.78, 5) is 17.6. The maximum atomic E-state index is 13.0. The number of anilines is 1. The van der Waals surface area contributed by atoms with Gasteiger partial charge in [-0.3, -0.25) is 10.1 Å². The Morgan fingerprint density at radius 3 is 2.71 bits per heavy atom. The molecule has 118 valence electrons. The molecule has 3 rings (SSSR count). The summed E-state index contributed by atoms with van der Waals surface area (Å²) >= 11 is 1.34. The van der Waals surface area contributed by atoms with Gasteiger partial charge in [0.2, 0.25) is 0 Å². The summed E-state index contributed by atoms with van der Waals surface area (Å²) in [5, 5.41) is 12.1. The van der Waals surface area contributed by atoms with E-state index >= 15 is 0 Å². The van der Waals surface area contributed by atoms with E-state index in [0.29, 0.717) is 22.0 Å². The Hall–Kier alpha value is -3.04. The number of thiazole rings is 1. The highest BCUT2D eigenvalue weighted by molar-refractivity contribution is 7.16. The minimum Gasteiger partial charge on any atom is -0.298 e. The van der Waals surface area contributed by atoms with Crippen molar-refractivity contribution in [2.75, 3.05) is 5.32 Å². The second kappa shape index (κ2) is 6.60. The lowest BCUT2D eigenvalue weighted by Crippen LogP contribution is -2.11. The summed E-state index contributed by atoms with van der Waals surface area (Å²) in [5.41, 5.74) is 2.31. The van der Waals surface area contributed by atoms with Crippen molar-refractivity contribution in [1.29, 1.82) is 5.26 Å². The molecule has 6 heteroatoms. The molecule has 0 radical (unpaired) electrons. The number of hydrogen-bond acceptors (Lipinski definition) is 4. The van der Waals surface area contributed by atoms with E-state index in [-0.39, 0.29) is 11.7 Å². The van der Waals surface area contributed by atoms with Gasteiger partial charge in [-0.2, -0.15) is 5.26 Å². The Bertz CT molecular complexity index is 942. The maximum absolute atomic E-state index is 13.0. The van der Waals surface area contributed by atoms with E-state index in [9.17, 15) is 9.18 Å². The van der Waals surface area contributed by atoms with Crippen molar-refractivity contribution >= 4 is 22.4 Å². The molecule has 4 nitrogen and oxygen atoms in total. The number of aryl methyl sites for hydroxylation is 1. The zero-order valence-electron chi connectivity index (χ0n) is 12.7. The fraction of sp³-hybridized carbons (Fsp3) is 0.0556. The highest BCUT2D eigenvalue weighted by Gasteiger charge is 2.13. The number of aromatic nitrogens is 1. The minimum absolute atomic E-state index is 0.308. The monoisotopic (exact) mass is 337 g/mol. The molecule has 0 aliphatic heterocycles. The smallest absolute Gasteiger partial charge is 0.257 e. The Morgan fingerprint density at radius 1 is 1.25 bits per heavy atom. The van der Waals surface area contributed by atoms with Crippen LogP contribution in [-0.4, -0.2) is 10.9 Å². The van der Waals surface area contributed by atoms with Gasteiger partial charge in [-0.05, 0) is 49.4 Å². The first-order valence-electron chi connectivity index (χ1n) is 7.11. The molecule has 0 saturated carbocycles. The van der Waals surface area contributed by atoms with Gasteiger partial charge in [0.05, 0.1) is 17.3 Å². The van der Waals surface area contributed by atoms with Gasteiger partial charge >= 0.3 is 0 Å². The lowest BCUT2D eigenvalue weighted by molar-refractivity contribution is 0.102. The number of halogens is 1. The van der Waals surface area contributed by atoms with Crippen LogP contribution in [0.5, 0.6) is 0 Å². The van der Waals surface area contributed by atoms with Gasteiger partial charge in [-0.25, -0.2) is 9.37 Å². The fourth-order valence-electron chi connectivity index (χ4n) is 2.22. The molecule has 0 saturated heterocycles. The van der Waals surface area contributed by atoms with E-state index in [1.54, 1.807) is 30.3 Å². The van der Waals surface area contributed by atoms with Crippen molar-refractivity contribution in [1.82, 2.24) is 4.98 Å². The van der Waals surface area contributed by atoms with Crippen LogP contribution in [0.25, 0.3) is 11.3 Å². The van der Waals surface area contributed by atoms with E-state index in [1.165, 1.54) is 29.5 Å². The average molecular weight is 337 g/mol. The number of nitrogens with zero attached hydrogens (tertiary/aromatic N) is 2. The second-order valence-corrected chi connectivity index (χ2v) is 6.28. The number of benzene rings is 2. The first-order valence-corrected chi connectivity index (χ1v) is 7.93. The SMILES string of the molecule is Cc1sc(NC(=O)c2cccc(C#N)c2)nc1-c1ccc(F)cc1. The summed E-state index contributed by atoms with van der Waals surface area (Å²) in [5.74, 6) is -0.635. The molecule has 0 unspecified atom stereocenters. The number of hydrogen-bond donors (Lipinski definition) is 1. The van der Waals surface area contributed by atoms with Crippen LogP contribution in [0.4, 0.5) is 9.52 Å². The van der Waals surface area contributed by atoms with Crippen molar-refractivity contribution in [3.63, 3.8) is 0 Å². The van der Waals surface area contributed by atoms with E-state index in [1.807, 2.05) is 13.0 Å². The number of carbonyl (C=O) groups is 1. The standard InChI is InChI=1S/C18H12FN3OS/c1-11-16(13-5-7-15(19)8-6-13)21-18(24-11)22-17(23)14-4-2-3-12(9-14)10-20/h2-9H,1H3,(H,21,22,23). The zero-order chi connectivity index (χ0) is 17.1. The van der Waals surface area contributed by atoms with E-state index < -0.39 is 0 Å². The Kier molecular flexibility index (Phi) is 4.36. The topological polar surface area (TPSA) is 65.8 Å². The van der Waals surface area contributed by atoms with Gasteiger partial charge in [-0.1, -0.05) is 6.07 Å². The number of nitriles is 1. The van der Waals surface area contributed by atoms with Crippen LogP contribution in [0, 0.1) is 24.1 Å². The average Bonchev–Trinajstić information content (AvgIpc) is 2.96. The van der Waals surface area contributed by atoms with Gasteiger partial charge in [0.15, 0.2) is 5.13 Å².